The van der Waals surface area contributed by atoms with Gasteiger partial charge in [-0.05, 0) is 48.4 Å². The van der Waals surface area contributed by atoms with Crippen LogP contribution in [0.2, 0.25) is 0 Å². The molecule has 2 N–H and O–H groups in total. The van der Waals surface area contributed by atoms with Gasteiger partial charge in [-0.25, -0.2) is 4.79 Å². The van der Waals surface area contributed by atoms with E-state index in [4.69, 9.17) is 14.6 Å². The van der Waals surface area contributed by atoms with Crippen molar-refractivity contribution < 1.29 is 24.2 Å². The van der Waals surface area contributed by atoms with E-state index in [1.54, 1.807) is 37.4 Å². The highest BCUT2D eigenvalue weighted by molar-refractivity contribution is 5.88. The minimum atomic E-state index is -0.948. The number of carbonyl (C=O) groups is 2. The second-order valence-corrected chi connectivity index (χ2v) is 10.4. The predicted octanol–water partition coefficient (Wildman–Crippen LogP) is 9.17. The lowest BCUT2D eigenvalue weighted by atomic mass is 10.0. The molecule has 0 saturated carbocycles. The maximum atomic E-state index is 12.4. The molecule has 6 heteroatoms. The molecule has 2 aromatic rings. The van der Waals surface area contributed by atoms with Gasteiger partial charge >= 0.3 is 11.9 Å². The smallest absolute Gasteiger partial charge is 0.335 e. The fourth-order valence-electron chi connectivity index (χ4n) is 4.66. The first-order chi connectivity index (χ1) is 19.0. The first-order valence-corrected chi connectivity index (χ1v) is 15.0. The first kappa shape index (κ1) is 32.2. The quantitative estimate of drug-likeness (QED) is 0.0881. The normalized spacial score (nSPS) is 10.8. The Morgan fingerprint density at radius 3 is 1.77 bits per heavy atom. The molecule has 0 saturated heterocycles. The lowest BCUT2D eigenvalue weighted by Gasteiger charge is -2.12. The van der Waals surface area contributed by atoms with E-state index in [2.05, 4.69) is 12.2 Å². The summed E-state index contributed by atoms with van der Waals surface area (Å²) in [5.41, 5.74) is 2.02. The van der Waals surface area contributed by atoms with E-state index in [0.717, 1.165) is 24.1 Å². The molecule has 39 heavy (non-hydrogen) atoms. The average Bonchev–Trinajstić information content (AvgIpc) is 2.94. The van der Waals surface area contributed by atoms with Crippen molar-refractivity contribution in [2.24, 2.45) is 0 Å². The van der Waals surface area contributed by atoms with E-state index in [9.17, 15) is 9.59 Å². The molecular formula is C33H49NO5. The van der Waals surface area contributed by atoms with E-state index in [0.29, 0.717) is 24.5 Å². The van der Waals surface area contributed by atoms with Crippen LogP contribution < -0.4 is 14.8 Å². The van der Waals surface area contributed by atoms with Crippen LogP contribution in [0.3, 0.4) is 0 Å². The van der Waals surface area contributed by atoms with Gasteiger partial charge in [0.1, 0.15) is 0 Å². The number of hydrogen-bond donors (Lipinski definition) is 2. The molecule has 0 aromatic heterocycles. The summed E-state index contributed by atoms with van der Waals surface area (Å²) in [6.45, 7) is 2.79. The Hall–Kier alpha value is -3.02. The molecule has 0 radical (unpaired) electrons. The van der Waals surface area contributed by atoms with Crippen molar-refractivity contribution >= 4 is 17.6 Å². The van der Waals surface area contributed by atoms with Crippen LogP contribution in [0.25, 0.3) is 0 Å². The van der Waals surface area contributed by atoms with Crippen molar-refractivity contribution in [3.05, 3.63) is 53.6 Å². The third-order valence-electron chi connectivity index (χ3n) is 7.06. The second-order valence-electron chi connectivity index (χ2n) is 10.4. The van der Waals surface area contributed by atoms with Crippen molar-refractivity contribution in [3.63, 3.8) is 0 Å². The molecule has 0 heterocycles. The topological polar surface area (TPSA) is 84.9 Å². The van der Waals surface area contributed by atoms with Gasteiger partial charge < -0.3 is 19.9 Å². The highest BCUT2D eigenvalue weighted by atomic mass is 16.6. The van der Waals surface area contributed by atoms with Gasteiger partial charge in [0.2, 0.25) is 0 Å². The molecule has 0 unspecified atom stereocenters. The van der Waals surface area contributed by atoms with Gasteiger partial charge in [0.25, 0.3) is 0 Å². The molecule has 0 aliphatic rings. The molecule has 0 aliphatic carbocycles. The summed E-state index contributed by atoms with van der Waals surface area (Å²) in [4.78, 5) is 23.3. The van der Waals surface area contributed by atoms with E-state index >= 15 is 0 Å². The number of rotatable bonds is 22. The summed E-state index contributed by atoms with van der Waals surface area (Å²) in [7, 11) is 1.56. The van der Waals surface area contributed by atoms with Gasteiger partial charge in [-0.15, -0.1) is 0 Å². The zero-order valence-electron chi connectivity index (χ0n) is 24.1. The maximum absolute atomic E-state index is 12.4. The third kappa shape index (κ3) is 14.1. The van der Waals surface area contributed by atoms with Crippen molar-refractivity contribution in [1.29, 1.82) is 0 Å². The van der Waals surface area contributed by atoms with Crippen molar-refractivity contribution in [2.75, 3.05) is 12.4 Å². The standard InChI is InChI=1S/C33H49NO5/c1-3-4-5-6-7-8-9-10-11-12-13-14-15-16-17-18-32(35)39-30-24-19-27(25-31(30)38-2)26-34-29-22-20-28(21-23-29)33(36)37/h19-25,34H,3-18,26H2,1-2H3,(H,36,37). The molecule has 0 spiro atoms. The number of carboxylic acid groups (broad SMARTS) is 1. The SMILES string of the molecule is CCCCCCCCCCCCCCCCCC(=O)Oc1ccc(CNc2ccc(C(=O)O)cc2)cc1OC. The summed E-state index contributed by atoms with van der Waals surface area (Å²) in [5, 5.41) is 12.3. The molecular weight excluding hydrogens is 490 g/mol. The summed E-state index contributed by atoms with van der Waals surface area (Å²) in [5.74, 6) is -0.234. The number of methoxy groups -OCH3 is 1. The van der Waals surface area contributed by atoms with Crippen molar-refractivity contribution in [3.8, 4) is 11.5 Å². The minimum Gasteiger partial charge on any atom is -0.493 e. The van der Waals surface area contributed by atoms with E-state index in [1.807, 2.05) is 12.1 Å². The van der Waals surface area contributed by atoms with Crippen LogP contribution in [0.1, 0.15) is 126 Å². The molecule has 0 atom stereocenters. The molecule has 6 nitrogen and oxygen atoms in total. The Balaban J connectivity index is 1.55. The number of esters is 1. The van der Waals surface area contributed by atoms with E-state index in [1.165, 1.54) is 83.5 Å². The third-order valence-corrected chi connectivity index (χ3v) is 7.06. The number of carboxylic acids is 1. The molecule has 0 aliphatic heterocycles. The molecule has 0 amide bonds. The predicted molar refractivity (Wildman–Crippen MR) is 159 cm³/mol. The number of unbranched alkanes of at least 4 members (excludes halogenated alkanes) is 14. The Morgan fingerprint density at radius 1 is 0.718 bits per heavy atom. The van der Waals surface area contributed by atoms with Gasteiger partial charge in [0.05, 0.1) is 12.7 Å². The fraction of sp³-hybridized carbons (Fsp3) is 0.576. The summed E-state index contributed by atoms with van der Waals surface area (Å²) >= 11 is 0. The number of nitrogens with one attached hydrogen (secondary N) is 1. The fourth-order valence-corrected chi connectivity index (χ4v) is 4.66. The van der Waals surface area contributed by atoms with Gasteiger partial charge in [0, 0.05) is 18.7 Å². The van der Waals surface area contributed by atoms with Crippen LogP contribution in [0.5, 0.6) is 11.5 Å². The molecule has 0 fully saturated rings. The summed E-state index contributed by atoms with van der Waals surface area (Å²) in [6, 6.07) is 12.1. The zero-order chi connectivity index (χ0) is 28.1. The largest absolute Gasteiger partial charge is 0.493 e. The molecule has 0 bridgehead atoms. The van der Waals surface area contributed by atoms with E-state index < -0.39 is 5.97 Å². The van der Waals surface area contributed by atoms with Gasteiger partial charge in [-0.2, -0.15) is 0 Å². The second kappa shape index (κ2) is 20.0. The van der Waals surface area contributed by atoms with Crippen molar-refractivity contribution in [2.45, 2.75) is 116 Å². The van der Waals surface area contributed by atoms with Crippen LogP contribution in [-0.2, 0) is 11.3 Å². The Labute approximate surface area is 235 Å². The molecule has 216 valence electrons. The van der Waals surface area contributed by atoms with Crippen LogP contribution in [-0.4, -0.2) is 24.2 Å². The number of carbonyl (C=O) groups excluding carboxylic acids is 1. The molecule has 2 rings (SSSR count). The van der Waals surface area contributed by atoms with Gasteiger partial charge in [0.15, 0.2) is 11.5 Å². The van der Waals surface area contributed by atoms with E-state index in [-0.39, 0.29) is 11.5 Å². The summed E-state index contributed by atoms with van der Waals surface area (Å²) < 4.78 is 11.0. The molecule has 2 aromatic carbocycles. The number of hydrogen-bond acceptors (Lipinski definition) is 5. The lowest BCUT2D eigenvalue weighted by Crippen LogP contribution is -2.09. The Kier molecular flexibility index (Phi) is 16.5. The minimum absolute atomic E-state index is 0.229. The zero-order valence-corrected chi connectivity index (χ0v) is 24.1. The first-order valence-electron chi connectivity index (χ1n) is 15.0. The van der Waals surface area contributed by atoms with Crippen LogP contribution in [0.15, 0.2) is 42.5 Å². The average molecular weight is 540 g/mol. The Morgan fingerprint density at radius 2 is 1.26 bits per heavy atom. The van der Waals surface area contributed by atoms with Crippen LogP contribution in [0, 0.1) is 0 Å². The lowest BCUT2D eigenvalue weighted by molar-refractivity contribution is -0.134. The van der Waals surface area contributed by atoms with Crippen LogP contribution in [0.4, 0.5) is 5.69 Å². The van der Waals surface area contributed by atoms with Crippen LogP contribution >= 0.6 is 0 Å². The number of ether oxygens (including phenoxy) is 2. The van der Waals surface area contributed by atoms with Crippen molar-refractivity contribution in [1.82, 2.24) is 0 Å². The number of anilines is 1. The van der Waals surface area contributed by atoms with Gasteiger partial charge in [-0.3, -0.25) is 4.79 Å². The van der Waals surface area contributed by atoms with Gasteiger partial charge in [-0.1, -0.05) is 103 Å². The number of aromatic carboxylic acids is 1. The maximum Gasteiger partial charge on any atom is 0.335 e. The summed E-state index contributed by atoms with van der Waals surface area (Å²) in [6.07, 6.45) is 19.8. The highest BCUT2D eigenvalue weighted by Crippen LogP contribution is 2.29. The Bertz CT molecular complexity index is 957. The number of benzene rings is 2. The monoisotopic (exact) mass is 539 g/mol. The highest BCUT2D eigenvalue weighted by Gasteiger charge is 2.11.